The molecule has 0 unspecified atom stereocenters. The highest BCUT2D eigenvalue weighted by Crippen LogP contribution is 2.32. The number of aryl methyl sites for hydroxylation is 1. The standard InChI is InChI=1S/C28H32F2N6O3/c1-34-27-26(36(28(34)37)20-7-13-38-14-8-20)22-15-21(23(30)16-24(22)32-33-27)18-3-4-25(31-17-18)39-12-2-9-35-10-5-19(29)6-11-35/h3-4,15-17,19-20H,2,5-14H2,1H3. The topological polar surface area (TPSA) is 87.3 Å². The Balaban J connectivity index is 1.24. The van der Waals surface area contributed by atoms with Crippen LogP contribution in [-0.4, -0.2) is 74.8 Å². The third kappa shape index (κ3) is 5.12. The summed E-state index contributed by atoms with van der Waals surface area (Å²) < 4.78 is 43.1. The zero-order chi connectivity index (χ0) is 26.9. The summed E-state index contributed by atoms with van der Waals surface area (Å²) in [4.78, 5) is 19.8. The van der Waals surface area contributed by atoms with Crippen LogP contribution in [0.4, 0.5) is 8.78 Å². The van der Waals surface area contributed by atoms with Crippen molar-refractivity contribution < 1.29 is 18.3 Å². The zero-order valence-electron chi connectivity index (χ0n) is 22.0. The zero-order valence-corrected chi connectivity index (χ0v) is 22.0. The largest absolute Gasteiger partial charge is 0.478 e. The number of hydrogen-bond acceptors (Lipinski definition) is 7. The Morgan fingerprint density at radius 1 is 1.10 bits per heavy atom. The van der Waals surface area contributed by atoms with Crippen molar-refractivity contribution in [3.8, 4) is 17.0 Å². The molecule has 0 atom stereocenters. The van der Waals surface area contributed by atoms with Crippen molar-refractivity contribution in [3.05, 3.63) is 46.8 Å². The molecule has 3 aromatic heterocycles. The number of hydrogen-bond donors (Lipinski definition) is 0. The fraction of sp³-hybridized carbons (Fsp3) is 0.500. The minimum atomic E-state index is -0.670. The van der Waals surface area contributed by atoms with E-state index >= 15 is 4.39 Å². The van der Waals surface area contributed by atoms with Gasteiger partial charge in [-0.1, -0.05) is 0 Å². The summed E-state index contributed by atoms with van der Waals surface area (Å²) in [5.74, 6) is 0.0200. The van der Waals surface area contributed by atoms with E-state index in [0.29, 0.717) is 71.7 Å². The van der Waals surface area contributed by atoms with Crippen LogP contribution in [0.2, 0.25) is 0 Å². The molecule has 4 aromatic rings. The van der Waals surface area contributed by atoms with Crippen LogP contribution in [0.15, 0.2) is 35.3 Å². The van der Waals surface area contributed by atoms with E-state index in [1.807, 2.05) is 0 Å². The quantitative estimate of drug-likeness (QED) is 0.328. The Morgan fingerprint density at radius 2 is 1.90 bits per heavy atom. The van der Waals surface area contributed by atoms with Crippen LogP contribution in [0, 0.1) is 5.82 Å². The first-order valence-electron chi connectivity index (χ1n) is 13.6. The van der Waals surface area contributed by atoms with Crippen LogP contribution in [0.3, 0.4) is 0 Å². The first-order chi connectivity index (χ1) is 19.0. The lowest BCUT2D eigenvalue weighted by Crippen LogP contribution is -2.35. The van der Waals surface area contributed by atoms with Gasteiger partial charge in [0.25, 0.3) is 0 Å². The highest BCUT2D eigenvalue weighted by Gasteiger charge is 2.25. The predicted octanol–water partition coefficient (Wildman–Crippen LogP) is 4.04. The Morgan fingerprint density at radius 3 is 2.64 bits per heavy atom. The molecule has 0 bridgehead atoms. The summed E-state index contributed by atoms with van der Waals surface area (Å²) >= 11 is 0. The van der Waals surface area contributed by atoms with Crippen molar-refractivity contribution in [2.24, 2.45) is 7.05 Å². The second kappa shape index (κ2) is 11.0. The van der Waals surface area contributed by atoms with Crippen LogP contribution >= 0.6 is 0 Å². The molecule has 2 aliphatic rings. The van der Waals surface area contributed by atoms with Crippen molar-refractivity contribution in [3.63, 3.8) is 0 Å². The number of aromatic nitrogens is 5. The molecular weight excluding hydrogens is 506 g/mol. The molecule has 2 saturated heterocycles. The molecule has 0 spiro atoms. The molecular formula is C28H32F2N6O3. The SMILES string of the molecule is Cn1c(=O)n(C2CCOCC2)c2c3cc(-c4ccc(OCCCN5CCC(F)CC5)nc4)c(F)cc3nnc21. The van der Waals surface area contributed by atoms with Gasteiger partial charge in [-0.15, -0.1) is 10.2 Å². The second-order valence-corrected chi connectivity index (χ2v) is 10.4. The highest BCUT2D eigenvalue weighted by atomic mass is 19.1. The third-order valence-corrected chi connectivity index (χ3v) is 7.85. The van der Waals surface area contributed by atoms with Crippen LogP contribution in [0.25, 0.3) is 33.2 Å². The summed E-state index contributed by atoms with van der Waals surface area (Å²) in [6, 6.07) is 6.58. The molecule has 5 heterocycles. The number of ether oxygens (including phenoxy) is 2. The van der Waals surface area contributed by atoms with Crippen molar-refractivity contribution in [1.29, 1.82) is 0 Å². The minimum Gasteiger partial charge on any atom is -0.478 e. The summed E-state index contributed by atoms with van der Waals surface area (Å²) in [5, 5.41) is 9.13. The van der Waals surface area contributed by atoms with Crippen LogP contribution in [0.1, 0.15) is 38.1 Å². The summed E-state index contributed by atoms with van der Waals surface area (Å²) in [5.41, 5.74) is 2.30. The molecule has 0 amide bonds. The number of benzene rings is 1. The van der Waals surface area contributed by atoms with Crippen molar-refractivity contribution >= 4 is 22.1 Å². The Kier molecular flexibility index (Phi) is 7.26. The molecule has 0 N–H and O–H groups in total. The van der Waals surface area contributed by atoms with E-state index in [9.17, 15) is 9.18 Å². The van der Waals surface area contributed by atoms with Crippen molar-refractivity contribution in [2.75, 3.05) is 39.5 Å². The minimum absolute atomic E-state index is 0.0236. The molecule has 6 rings (SSSR count). The lowest BCUT2D eigenvalue weighted by atomic mass is 10.0. The van der Waals surface area contributed by atoms with Gasteiger partial charge in [0.05, 0.1) is 12.1 Å². The van der Waals surface area contributed by atoms with Crippen molar-refractivity contribution in [2.45, 2.75) is 44.3 Å². The van der Waals surface area contributed by atoms with E-state index in [-0.39, 0.29) is 11.7 Å². The monoisotopic (exact) mass is 538 g/mol. The molecule has 2 fully saturated rings. The summed E-state index contributed by atoms with van der Waals surface area (Å²) in [6.45, 7) is 4.11. The summed E-state index contributed by atoms with van der Waals surface area (Å²) in [6.07, 6.45) is 4.39. The maximum absolute atomic E-state index is 15.2. The number of imidazole rings is 1. The predicted molar refractivity (Wildman–Crippen MR) is 143 cm³/mol. The number of alkyl halides is 1. The normalized spacial score (nSPS) is 17.8. The fourth-order valence-corrected chi connectivity index (χ4v) is 5.63. The van der Waals surface area contributed by atoms with E-state index in [0.717, 1.165) is 38.9 Å². The van der Waals surface area contributed by atoms with E-state index in [2.05, 4.69) is 20.1 Å². The van der Waals surface area contributed by atoms with Crippen LogP contribution < -0.4 is 10.4 Å². The van der Waals surface area contributed by atoms with Gasteiger partial charge >= 0.3 is 5.69 Å². The van der Waals surface area contributed by atoms with Gasteiger partial charge in [0.2, 0.25) is 5.88 Å². The smallest absolute Gasteiger partial charge is 0.330 e. The highest BCUT2D eigenvalue weighted by molar-refractivity contribution is 6.02. The van der Waals surface area contributed by atoms with E-state index in [4.69, 9.17) is 9.47 Å². The van der Waals surface area contributed by atoms with Gasteiger partial charge < -0.3 is 14.4 Å². The average molecular weight is 539 g/mol. The van der Waals surface area contributed by atoms with E-state index < -0.39 is 12.0 Å². The first-order valence-corrected chi connectivity index (χ1v) is 13.6. The number of rotatable bonds is 7. The molecule has 206 valence electrons. The van der Waals surface area contributed by atoms with Crippen LogP contribution in [-0.2, 0) is 11.8 Å². The molecule has 39 heavy (non-hydrogen) atoms. The molecule has 0 radical (unpaired) electrons. The van der Waals surface area contributed by atoms with Gasteiger partial charge in [-0.05, 0) is 44.2 Å². The third-order valence-electron chi connectivity index (χ3n) is 7.85. The number of fused-ring (bicyclic) bond motifs is 3. The number of halogens is 2. The van der Waals surface area contributed by atoms with Gasteiger partial charge in [0.15, 0.2) is 5.65 Å². The van der Waals surface area contributed by atoms with Crippen molar-refractivity contribution in [1.82, 2.24) is 29.2 Å². The number of likely N-dealkylation sites (tertiary alicyclic amines) is 1. The summed E-state index contributed by atoms with van der Waals surface area (Å²) in [7, 11) is 1.68. The Bertz CT molecular complexity index is 1520. The van der Waals surface area contributed by atoms with Crippen LogP contribution in [0.5, 0.6) is 5.88 Å². The van der Waals surface area contributed by atoms with Gasteiger partial charge in [0, 0.05) is 80.8 Å². The Hall–Kier alpha value is -3.44. The number of nitrogens with zero attached hydrogens (tertiary/aromatic N) is 6. The van der Waals surface area contributed by atoms with E-state index in [1.165, 1.54) is 10.6 Å². The molecule has 9 nitrogen and oxygen atoms in total. The first kappa shape index (κ1) is 25.8. The lowest BCUT2D eigenvalue weighted by molar-refractivity contribution is 0.0697. The maximum Gasteiger partial charge on any atom is 0.330 e. The average Bonchev–Trinajstić information content (AvgIpc) is 3.22. The molecule has 0 aliphatic carbocycles. The van der Waals surface area contributed by atoms with Gasteiger partial charge in [-0.25, -0.2) is 18.6 Å². The maximum atomic E-state index is 15.2. The number of pyridine rings is 1. The molecule has 0 saturated carbocycles. The second-order valence-electron chi connectivity index (χ2n) is 10.4. The number of piperidine rings is 1. The Labute approximate surface area is 224 Å². The van der Waals surface area contributed by atoms with Gasteiger partial charge in [0.1, 0.15) is 17.5 Å². The van der Waals surface area contributed by atoms with E-state index in [1.54, 1.807) is 36.0 Å². The lowest BCUT2D eigenvalue weighted by Gasteiger charge is -2.28. The fourth-order valence-electron chi connectivity index (χ4n) is 5.63. The van der Waals surface area contributed by atoms with Gasteiger partial charge in [-0.3, -0.25) is 9.13 Å². The molecule has 1 aromatic carbocycles. The molecule has 2 aliphatic heterocycles. The van der Waals surface area contributed by atoms with Gasteiger partial charge in [-0.2, -0.15) is 0 Å². The molecule has 11 heteroatoms.